The van der Waals surface area contributed by atoms with E-state index in [9.17, 15) is 0 Å². The van der Waals surface area contributed by atoms with Gasteiger partial charge in [0, 0.05) is 31.6 Å². The normalized spacial score (nSPS) is 17.3. The molecule has 6 nitrogen and oxygen atoms in total. The molecule has 0 spiro atoms. The van der Waals surface area contributed by atoms with Crippen LogP contribution < -0.4 is 10.6 Å². The Morgan fingerprint density at radius 1 is 1.23 bits per heavy atom. The van der Waals surface area contributed by atoms with Gasteiger partial charge in [-0.15, -0.1) is 0 Å². The van der Waals surface area contributed by atoms with Crippen LogP contribution in [-0.4, -0.2) is 48.7 Å². The number of aromatic nitrogens is 1. The van der Waals surface area contributed by atoms with E-state index in [2.05, 4.69) is 59.4 Å². The first kappa shape index (κ1) is 20.7. The summed E-state index contributed by atoms with van der Waals surface area (Å²) in [6.45, 7) is 12.9. The Kier molecular flexibility index (Phi) is 8.42. The molecule has 0 bridgehead atoms. The van der Waals surface area contributed by atoms with Gasteiger partial charge < -0.3 is 15.2 Å². The van der Waals surface area contributed by atoms with E-state index in [1.807, 2.05) is 7.05 Å². The quantitative estimate of drug-likeness (QED) is 0.520. The van der Waals surface area contributed by atoms with Crippen LogP contribution in [0, 0.1) is 5.92 Å². The number of hydrogen-bond acceptors (Lipinski definition) is 4. The average Bonchev–Trinajstić information content (AvgIpc) is 3.31. The molecule has 148 valence electrons. The number of hydrogen-bond donors (Lipinski definition) is 2. The molecule has 0 radical (unpaired) electrons. The molecule has 1 aromatic rings. The highest BCUT2D eigenvalue weighted by atomic mass is 16.5. The highest BCUT2D eigenvalue weighted by Gasteiger charge is 2.24. The largest absolute Gasteiger partial charge is 0.359 e. The molecule has 26 heavy (non-hydrogen) atoms. The van der Waals surface area contributed by atoms with Crippen LogP contribution in [0.5, 0.6) is 0 Å². The molecule has 0 amide bonds. The summed E-state index contributed by atoms with van der Waals surface area (Å²) in [5.41, 5.74) is 1.06. The lowest BCUT2D eigenvalue weighted by Crippen LogP contribution is -2.48. The minimum atomic E-state index is 0.484. The molecule has 1 aliphatic rings. The first-order chi connectivity index (χ1) is 12.6. The first-order valence-corrected chi connectivity index (χ1v) is 10.2. The van der Waals surface area contributed by atoms with E-state index in [1.54, 1.807) is 0 Å². The van der Waals surface area contributed by atoms with Crippen molar-refractivity contribution in [2.24, 2.45) is 10.9 Å². The summed E-state index contributed by atoms with van der Waals surface area (Å²) in [4.78, 5) is 6.95. The summed E-state index contributed by atoms with van der Waals surface area (Å²) in [7, 11) is 1.81. The smallest absolute Gasteiger partial charge is 0.191 e. The van der Waals surface area contributed by atoms with Gasteiger partial charge in [-0.05, 0) is 44.7 Å². The van der Waals surface area contributed by atoms with Gasteiger partial charge >= 0.3 is 0 Å². The standard InChI is InChI=1S/C20H37N5O/c1-6-16(7-2)18-12-17(26-24-18)13-22-20(21-5)23-14-19(15(3)4)25-10-8-9-11-25/h12,15-16,19H,6-11,13-14H2,1-5H3,(H2,21,22,23). The van der Waals surface area contributed by atoms with Gasteiger partial charge in [-0.2, -0.15) is 0 Å². The van der Waals surface area contributed by atoms with E-state index in [0.29, 0.717) is 24.4 Å². The van der Waals surface area contributed by atoms with Gasteiger partial charge in [-0.25, -0.2) is 0 Å². The lowest BCUT2D eigenvalue weighted by atomic mass is 9.99. The molecule has 0 aliphatic carbocycles. The Labute approximate surface area is 158 Å². The van der Waals surface area contributed by atoms with Crippen molar-refractivity contribution in [3.8, 4) is 0 Å². The molecule has 1 aromatic heterocycles. The Balaban J connectivity index is 1.83. The lowest BCUT2D eigenvalue weighted by Gasteiger charge is -2.31. The minimum absolute atomic E-state index is 0.484. The van der Waals surface area contributed by atoms with Gasteiger partial charge in [0.1, 0.15) is 0 Å². The van der Waals surface area contributed by atoms with Crippen molar-refractivity contribution in [3.05, 3.63) is 17.5 Å². The van der Waals surface area contributed by atoms with E-state index in [-0.39, 0.29) is 0 Å². The highest BCUT2D eigenvalue weighted by Crippen LogP contribution is 2.22. The number of nitrogens with one attached hydrogen (secondary N) is 2. The molecule has 2 rings (SSSR count). The van der Waals surface area contributed by atoms with E-state index >= 15 is 0 Å². The maximum absolute atomic E-state index is 5.49. The van der Waals surface area contributed by atoms with Crippen molar-refractivity contribution in [2.45, 2.75) is 71.9 Å². The van der Waals surface area contributed by atoms with Gasteiger partial charge in [0.2, 0.25) is 0 Å². The monoisotopic (exact) mass is 363 g/mol. The average molecular weight is 364 g/mol. The number of guanidine groups is 1. The SMILES string of the molecule is CCC(CC)c1cc(CNC(=NC)NCC(C(C)C)N2CCCC2)on1. The van der Waals surface area contributed by atoms with Gasteiger partial charge in [0.15, 0.2) is 11.7 Å². The summed E-state index contributed by atoms with van der Waals surface area (Å²) in [5, 5.41) is 11.1. The Bertz CT molecular complexity index is 544. The Morgan fingerprint density at radius 3 is 2.50 bits per heavy atom. The van der Waals surface area contributed by atoms with Gasteiger partial charge in [-0.3, -0.25) is 9.89 Å². The van der Waals surface area contributed by atoms with Crippen LogP contribution in [0.2, 0.25) is 0 Å². The topological polar surface area (TPSA) is 65.7 Å². The molecule has 1 saturated heterocycles. The van der Waals surface area contributed by atoms with Crippen molar-refractivity contribution in [1.82, 2.24) is 20.7 Å². The van der Waals surface area contributed by atoms with E-state index < -0.39 is 0 Å². The molecule has 2 N–H and O–H groups in total. The molecule has 1 aliphatic heterocycles. The van der Waals surface area contributed by atoms with Gasteiger partial charge in [-0.1, -0.05) is 32.9 Å². The molecular weight excluding hydrogens is 326 g/mol. The molecule has 6 heteroatoms. The third-order valence-corrected chi connectivity index (χ3v) is 5.49. The van der Waals surface area contributed by atoms with Crippen LogP contribution >= 0.6 is 0 Å². The summed E-state index contributed by atoms with van der Waals surface area (Å²) >= 11 is 0. The fraction of sp³-hybridized carbons (Fsp3) is 0.800. The van der Waals surface area contributed by atoms with Crippen molar-refractivity contribution in [2.75, 3.05) is 26.7 Å². The van der Waals surface area contributed by atoms with Crippen molar-refractivity contribution < 1.29 is 4.52 Å². The minimum Gasteiger partial charge on any atom is -0.359 e. The van der Waals surface area contributed by atoms with Crippen molar-refractivity contribution in [1.29, 1.82) is 0 Å². The maximum atomic E-state index is 5.49. The first-order valence-electron chi connectivity index (χ1n) is 10.2. The molecule has 1 fully saturated rings. The fourth-order valence-electron chi connectivity index (χ4n) is 3.76. The molecular formula is C20H37N5O. The predicted molar refractivity (Wildman–Crippen MR) is 107 cm³/mol. The van der Waals surface area contributed by atoms with E-state index in [4.69, 9.17) is 4.52 Å². The summed E-state index contributed by atoms with van der Waals surface area (Å²) in [5.74, 6) is 2.78. The van der Waals surface area contributed by atoms with Gasteiger partial charge in [0.25, 0.3) is 0 Å². The number of likely N-dealkylation sites (tertiary alicyclic amines) is 1. The molecule has 2 heterocycles. The zero-order valence-electron chi connectivity index (χ0n) is 17.2. The van der Waals surface area contributed by atoms with Crippen LogP contribution in [-0.2, 0) is 6.54 Å². The highest BCUT2D eigenvalue weighted by molar-refractivity contribution is 5.79. The maximum Gasteiger partial charge on any atom is 0.191 e. The van der Waals surface area contributed by atoms with E-state index in [1.165, 1.54) is 25.9 Å². The number of nitrogens with zero attached hydrogens (tertiary/aromatic N) is 3. The van der Waals surface area contributed by atoms with Gasteiger partial charge in [0.05, 0.1) is 12.2 Å². The van der Waals surface area contributed by atoms with Crippen LogP contribution in [0.4, 0.5) is 0 Å². The number of aliphatic imine (C=N–C) groups is 1. The molecule has 1 unspecified atom stereocenters. The summed E-state index contributed by atoms with van der Waals surface area (Å²) in [6.07, 6.45) is 4.82. The van der Waals surface area contributed by atoms with Crippen molar-refractivity contribution >= 4 is 5.96 Å². The van der Waals surface area contributed by atoms with Crippen LogP contribution in [0.1, 0.15) is 70.8 Å². The van der Waals surface area contributed by atoms with Crippen LogP contribution in [0.25, 0.3) is 0 Å². The third kappa shape index (κ3) is 5.73. The third-order valence-electron chi connectivity index (χ3n) is 5.49. The second kappa shape index (κ2) is 10.6. The summed E-state index contributed by atoms with van der Waals surface area (Å²) < 4.78 is 5.49. The Morgan fingerprint density at radius 2 is 1.92 bits per heavy atom. The second-order valence-corrected chi connectivity index (χ2v) is 7.59. The Hall–Kier alpha value is -1.56. The second-order valence-electron chi connectivity index (χ2n) is 7.59. The van der Waals surface area contributed by atoms with E-state index in [0.717, 1.165) is 36.8 Å². The predicted octanol–water partition coefficient (Wildman–Crippen LogP) is 3.36. The molecule has 1 atom stereocenters. The van der Waals surface area contributed by atoms with Crippen molar-refractivity contribution in [3.63, 3.8) is 0 Å². The summed E-state index contributed by atoms with van der Waals surface area (Å²) in [6, 6.07) is 2.61. The lowest BCUT2D eigenvalue weighted by molar-refractivity contribution is 0.192. The molecule has 0 saturated carbocycles. The fourth-order valence-corrected chi connectivity index (χ4v) is 3.76. The number of rotatable bonds is 9. The van der Waals surface area contributed by atoms with Crippen LogP contribution in [0.15, 0.2) is 15.6 Å². The molecule has 0 aromatic carbocycles. The zero-order chi connectivity index (χ0) is 18.9. The zero-order valence-corrected chi connectivity index (χ0v) is 17.2. The van der Waals surface area contributed by atoms with Crippen LogP contribution in [0.3, 0.4) is 0 Å².